The van der Waals surface area contributed by atoms with Gasteiger partial charge in [0.15, 0.2) is 23.1 Å². The highest BCUT2D eigenvalue weighted by atomic mass is 16.3. The molecule has 0 bridgehead atoms. The van der Waals surface area contributed by atoms with E-state index in [1.165, 1.54) is 11.1 Å². The molecule has 0 saturated heterocycles. The van der Waals surface area contributed by atoms with Crippen molar-refractivity contribution in [2.24, 2.45) is 0 Å². The predicted octanol–water partition coefficient (Wildman–Crippen LogP) is 13.6. The minimum absolute atomic E-state index is 0.578. The minimum atomic E-state index is 0.578. The van der Waals surface area contributed by atoms with Gasteiger partial charge in [0.1, 0.15) is 16.7 Å². The Hall–Kier alpha value is -7.96. The number of rotatable bonds is 7. The number of aromatic nitrogens is 4. The molecule has 3 heterocycles. The van der Waals surface area contributed by atoms with Crippen molar-refractivity contribution in [2.75, 3.05) is 0 Å². The third-order valence-corrected chi connectivity index (χ3v) is 10.6. The molecule has 0 fully saturated rings. The Morgan fingerprint density at radius 1 is 0.293 bits per heavy atom. The molecule has 0 unspecified atom stereocenters. The zero-order chi connectivity index (χ0) is 38.4. The van der Waals surface area contributed by atoms with E-state index in [-0.39, 0.29) is 0 Å². The van der Waals surface area contributed by atoms with Gasteiger partial charge in [0.05, 0.1) is 0 Å². The quantitative estimate of drug-likeness (QED) is 0.162. The SMILES string of the molecule is c1ccc(-c2ccc(-c3ccccc3-c3nc4ccc(-c5ccc6oc7cccc(-c8nc(-c9ccccc9)nc(-c9ccccc9)n8)c7c6c5)cc4o3)cc2)cc1. The highest BCUT2D eigenvalue weighted by molar-refractivity contribution is 6.13. The van der Waals surface area contributed by atoms with Crippen molar-refractivity contribution in [1.82, 2.24) is 19.9 Å². The van der Waals surface area contributed by atoms with Gasteiger partial charge in [0.2, 0.25) is 5.89 Å². The fourth-order valence-electron chi connectivity index (χ4n) is 7.74. The van der Waals surface area contributed by atoms with Gasteiger partial charge in [-0.25, -0.2) is 19.9 Å². The highest BCUT2D eigenvalue weighted by Gasteiger charge is 2.19. The van der Waals surface area contributed by atoms with Crippen LogP contribution in [-0.2, 0) is 0 Å². The summed E-state index contributed by atoms with van der Waals surface area (Å²) in [5.41, 5.74) is 13.3. The summed E-state index contributed by atoms with van der Waals surface area (Å²) in [6.45, 7) is 0. The van der Waals surface area contributed by atoms with E-state index >= 15 is 0 Å². The third kappa shape index (κ3) is 6.01. The van der Waals surface area contributed by atoms with Crippen LogP contribution >= 0.6 is 0 Å². The Labute approximate surface area is 333 Å². The molecule has 58 heavy (non-hydrogen) atoms. The van der Waals surface area contributed by atoms with Gasteiger partial charge in [-0.15, -0.1) is 0 Å². The van der Waals surface area contributed by atoms with Crippen molar-refractivity contribution in [3.8, 4) is 79.0 Å². The molecule has 0 aliphatic carbocycles. The predicted molar refractivity (Wildman–Crippen MR) is 233 cm³/mol. The molecule has 0 N–H and O–H groups in total. The lowest BCUT2D eigenvalue weighted by Crippen LogP contribution is -2.00. The Bertz CT molecular complexity index is 3210. The Balaban J connectivity index is 0.982. The van der Waals surface area contributed by atoms with Crippen LogP contribution in [0.1, 0.15) is 0 Å². The molecule has 8 aromatic carbocycles. The van der Waals surface area contributed by atoms with Gasteiger partial charge < -0.3 is 8.83 Å². The molecule has 11 rings (SSSR count). The first-order valence-electron chi connectivity index (χ1n) is 19.2. The van der Waals surface area contributed by atoms with Crippen LogP contribution in [0.3, 0.4) is 0 Å². The van der Waals surface area contributed by atoms with Crippen LogP contribution in [0.5, 0.6) is 0 Å². The molecular weight excluding hydrogens is 713 g/mol. The normalized spacial score (nSPS) is 11.4. The average molecular weight is 745 g/mol. The number of benzene rings is 8. The first kappa shape index (κ1) is 33.4. The van der Waals surface area contributed by atoms with Crippen molar-refractivity contribution < 1.29 is 8.83 Å². The van der Waals surface area contributed by atoms with Gasteiger partial charge in [0.25, 0.3) is 0 Å². The van der Waals surface area contributed by atoms with Gasteiger partial charge in [0, 0.05) is 33.0 Å². The third-order valence-electron chi connectivity index (χ3n) is 10.6. The maximum atomic E-state index is 6.53. The zero-order valence-corrected chi connectivity index (χ0v) is 31.1. The Morgan fingerprint density at radius 2 is 0.828 bits per heavy atom. The highest BCUT2D eigenvalue weighted by Crippen LogP contribution is 2.40. The number of oxazole rings is 1. The molecule has 0 spiro atoms. The summed E-state index contributed by atoms with van der Waals surface area (Å²) in [6, 6.07) is 65.9. The van der Waals surface area contributed by atoms with E-state index < -0.39 is 0 Å². The van der Waals surface area contributed by atoms with Crippen molar-refractivity contribution in [1.29, 1.82) is 0 Å². The average Bonchev–Trinajstić information content (AvgIpc) is 3.91. The molecular formula is C52H32N4O2. The van der Waals surface area contributed by atoms with Gasteiger partial charge in [-0.05, 0) is 69.8 Å². The molecule has 6 nitrogen and oxygen atoms in total. The van der Waals surface area contributed by atoms with E-state index in [0.717, 1.165) is 72.0 Å². The van der Waals surface area contributed by atoms with E-state index in [4.69, 9.17) is 28.8 Å². The van der Waals surface area contributed by atoms with Gasteiger partial charge in [-0.2, -0.15) is 0 Å². The Morgan fingerprint density at radius 3 is 1.53 bits per heavy atom. The van der Waals surface area contributed by atoms with Crippen molar-refractivity contribution >= 4 is 33.0 Å². The number of fused-ring (bicyclic) bond motifs is 4. The molecule has 0 aliphatic rings. The molecule has 0 aliphatic heterocycles. The summed E-state index contributed by atoms with van der Waals surface area (Å²) in [6.07, 6.45) is 0. The summed E-state index contributed by atoms with van der Waals surface area (Å²) in [4.78, 5) is 19.9. The summed E-state index contributed by atoms with van der Waals surface area (Å²) in [5, 5.41) is 1.91. The molecule has 0 atom stereocenters. The van der Waals surface area contributed by atoms with Crippen LogP contribution in [-0.4, -0.2) is 19.9 Å². The number of nitrogens with zero attached hydrogens (tertiary/aromatic N) is 4. The first-order valence-corrected chi connectivity index (χ1v) is 19.2. The monoisotopic (exact) mass is 744 g/mol. The summed E-state index contributed by atoms with van der Waals surface area (Å²) in [5.74, 6) is 2.38. The van der Waals surface area contributed by atoms with Crippen LogP contribution < -0.4 is 0 Å². The van der Waals surface area contributed by atoms with Crippen LogP contribution in [0, 0.1) is 0 Å². The van der Waals surface area contributed by atoms with Gasteiger partial charge >= 0.3 is 0 Å². The largest absolute Gasteiger partial charge is 0.456 e. The molecule has 0 amide bonds. The van der Waals surface area contributed by atoms with Crippen LogP contribution in [0.25, 0.3) is 112 Å². The number of hydrogen-bond acceptors (Lipinski definition) is 6. The second kappa shape index (κ2) is 14.0. The second-order valence-corrected chi connectivity index (χ2v) is 14.2. The van der Waals surface area contributed by atoms with Crippen molar-refractivity contribution in [2.45, 2.75) is 0 Å². The second-order valence-electron chi connectivity index (χ2n) is 14.2. The standard InChI is InChI=1S/C52H32N4O2/c1-4-13-33(14-5-1)34-23-25-35(26-24-34)40-19-10-11-20-41(40)52-53-44-29-27-39(32-47(44)58-52)38-28-30-45-43(31-38)48-42(21-12-22-46(48)57-45)51-55-49(36-15-6-2-7-16-36)54-50(56-51)37-17-8-3-9-18-37/h1-32H. The van der Waals surface area contributed by atoms with Crippen molar-refractivity contribution in [3.63, 3.8) is 0 Å². The fourth-order valence-corrected chi connectivity index (χ4v) is 7.74. The lowest BCUT2D eigenvalue weighted by Gasteiger charge is -2.09. The number of hydrogen-bond donors (Lipinski definition) is 0. The van der Waals surface area contributed by atoms with Gasteiger partial charge in [-0.3, -0.25) is 0 Å². The van der Waals surface area contributed by atoms with Crippen LogP contribution in [0.15, 0.2) is 203 Å². The summed E-state index contributed by atoms with van der Waals surface area (Å²) >= 11 is 0. The minimum Gasteiger partial charge on any atom is -0.456 e. The van der Waals surface area contributed by atoms with E-state index in [1.54, 1.807) is 0 Å². The molecule has 0 saturated carbocycles. The van der Waals surface area contributed by atoms with Crippen LogP contribution in [0.2, 0.25) is 0 Å². The van der Waals surface area contributed by atoms with E-state index in [1.807, 2.05) is 97.1 Å². The fraction of sp³-hybridized carbons (Fsp3) is 0. The van der Waals surface area contributed by atoms with Crippen molar-refractivity contribution in [3.05, 3.63) is 194 Å². The molecule has 0 radical (unpaired) electrons. The molecule has 3 aromatic heterocycles. The smallest absolute Gasteiger partial charge is 0.227 e. The first-order chi connectivity index (χ1) is 28.7. The van der Waals surface area contributed by atoms with E-state index in [2.05, 4.69) is 97.1 Å². The Kier molecular flexibility index (Phi) is 8.04. The zero-order valence-electron chi connectivity index (χ0n) is 31.1. The molecule has 11 aromatic rings. The molecule has 272 valence electrons. The summed E-state index contributed by atoms with van der Waals surface area (Å²) < 4.78 is 13.0. The number of furan rings is 1. The summed E-state index contributed by atoms with van der Waals surface area (Å²) in [7, 11) is 0. The van der Waals surface area contributed by atoms with E-state index in [0.29, 0.717) is 28.9 Å². The van der Waals surface area contributed by atoms with Gasteiger partial charge in [-0.1, -0.05) is 158 Å². The lowest BCUT2D eigenvalue weighted by molar-refractivity contribution is 0.620. The van der Waals surface area contributed by atoms with Crippen LogP contribution in [0.4, 0.5) is 0 Å². The maximum absolute atomic E-state index is 6.53. The molecule has 6 heteroatoms. The lowest BCUT2D eigenvalue weighted by atomic mass is 9.97. The van der Waals surface area contributed by atoms with E-state index in [9.17, 15) is 0 Å². The maximum Gasteiger partial charge on any atom is 0.227 e. The topological polar surface area (TPSA) is 77.8 Å².